The van der Waals surface area contributed by atoms with E-state index < -0.39 is 0 Å². The maximum Gasteiger partial charge on any atom is 0.306 e. The SMILES string of the molecule is CC.CC1(C)CCCC2C3CC(=O)OC3CCC21. The zero-order valence-electron chi connectivity index (χ0n) is 12.4. The molecule has 0 radical (unpaired) electrons. The highest BCUT2D eigenvalue weighted by atomic mass is 16.5. The summed E-state index contributed by atoms with van der Waals surface area (Å²) in [7, 11) is 0. The summed E-state index contributed by atoms with van der Waals surface area (Å²) in [6.45, 7) is 8.84. The molecule has 1 heterocycles. The third kappa shape index (κ3) is 2.31. The van der Waals surface area contributed by atoms with Crippen molar-refractivity contribution in [2.45, 2.75) is 72.3 Å². The van der Waals surface area contributed by atoms with Gasteiger partial charge in [0.2, 0.25) is 0 Å². The van der Waals surface area contributed by atoms with Gasteiger partial charge in [-0.3, -0.25) is 4.79 Å². The molecule has 104 valence electrons. The molecule has 0 spiro atoms. The summed E-state index contributed by atoms with van der Waals surface area (Å²) >= 11 is 0. The molecule has 4 atom stereocenters. The minimum absolute atomic E-state index is 0.0547. The van der Waals surface area contributed by atoms with Gasteiger partial charge in [0.15, 0.2) is 0 Å². The minimum Gasteiger partial charge on any atom is -0.462 e. The Bertz CT molecular complexity index is 308. The summed E-state index contributed by atoms with van der Waals surface area (Å²) in [5.74, 6) is 2.19. The Kier molecular flexibility index (Phi) is 4.03. The van der Waals surface area contributed by atoms with Gasteiger partial charge in [0.05, 0.1) is 6.42 Å². The number of fused-ring (bicyclic) bond motifs is 3. The van der Waals surface area contributed by atoms with Gasteiger partial charge >= 0.3 is 5.97 Å². The number of carbonyl (C=O) groups excluding carboxylic acids is 1. The molecule has 0 aromatic carbocycles. The molecule has 2 saturated carbocycles. The Morgan fingerprint density at radius 2 is 1.83 bits per heavy atom. The van der Waals surface area contributed by atoms with E-state index in [1.807, 2.05) is 13.8 Å². The Morgan fingerprint density at radius 3 is 2.56 bits per heavy atom. The maximum atomic E-state index is 11.4. The summed E-state index contributed by atoms with van der Waals surface area (Å²) in [6, 6.07) is 0. The highest BCUT2D eigenvalue weighted by Gasteiger charge is 2.51. The lowest BCUT2D eigenvalue weighted by molar-refractivity contribution is -0.143. The van der Waals surface area contributed by atoms with Crippen LogP contribution >= 0.6 is 0 Å². The number of rotatable bonds is 0. The lowest BCUT2D eigenvalue weighted by Gasteiger charge is -2.50. The molecule has 0 aromatic rings. The van der Waals surface area contributed by atoms with E-state index in [-0.39, 0.29) is 12.1 Å². The predicted octanol–water partition coefficient (Wildman–Crippen LogP) is 4.18. The average Bonchev–Trinajstić information content (AvgIpc) is 2.72. The first-order valence-electron chi connectivity index (χ1n) is 7.77. The summed E-state index contributed by atoms with van der Waals surface area (Å²) < 4.78 is 5.44. The van der Waals surface area contributed by atoms with Crippen LogP contribution in [0.2, 0.25) is 0 Å². The third-order valence-electron chi connectivity index (χ3n) is 5.35. The lowest BCUT2D eigenvalue weighted by Crippen LogP contribution is -2.44. The highest BCUT2D eigenvalue weighted by Crippen LogP contribution is 2.55. The van der Waals surface area contributed by atoms with Gasteiger partial charge in [-0.2, -0.15) is 0 Å². The topological polar surface area (TPSA) is 26.3 Å². The van der Waals surface area contributed by atoms with Crippen molar-refractivity contribution < 1.29 is 9.53 Å². The second-order valence-electron chi connectivity index (χ2n) is 6.62. The van der Waals surface area contributed by atoms with Crippen LogP contribution < -0.4 is 0 Å². The van der Waals surface area contributed by atoms with E-state index in [4.69, 9.17) is 4.74 Å². The van der Waals surface area contributed by atoms with Gasteiger partial charge in [-0.25, -0.2) is 0 Å². The van der Waals surface area contributed by atoms with Gasteiger partial charge in [0.25, 0.3) is 0 Å². The van der Waals surface area contributed by atoms with Crippen LogP contribution in [0.15, 0.2) is 0 Å². The van der Waals surface area contributed by atoms with Crippen molar-refractivity contribution in [1.29, 1.82) is 0 Å². The molecular weight excluding hydrogens is 224 g/mol. The van der Waals surface area contributed by atoms with Gasteiger partial charge in [-0.1, -0.05) is 34.1 Å². The van der Waals surface area contributed by atoms with E-state index in [1.165, 1.54) is 25.7 Å². The number of esters is 1. The van der Waals surface area contributed by atoms with E-state index in [0.717, 1.165) is 18.3 Å². The molecule has 0 aromatic heterocycles. The van der Waals surface area contributed by atoms with Crippen LogP contribution in [-0.4, -0.2) is 12.1 Å². The first-order valence-corrected chi connectivity index (χ1v) is 7.77. The summed E-state index contributed by atoms with van der Waals surface area (Å²) in [4.78, 5) is 11.4. The second-order valence-corrected chi connectivity index (χ2v) is 6.62. The number of hydrogen-bond donors (Lipinski definition) is 0. The molecule has 1 aliphatic heterocycles. The summed E-state index contributed by atoms with van der Waals surface area (Å²) in [5, 5.41) is 0. The summed E-state index contributed by atoms with van der Waals surface area (Å²) in [5.41, 5.74) is 0.486. The van der Waals surface area contributed by atoms with Crippen LogP contribution in [0.5, 0.6) is 0 Å². The molecule has 1 saturated heterocycles. The van der Waals surface area contributed by atoms with Crippen LogP contribution in [0.3, 0.4) is 0 Å². The Hall–Kier alpha value is -0.530. The fourth-order valence-electron chi connectivity index (χ4n) is 4.55. The summed E-state index contributed by atoms with van der Waals surface area (Å²) in [6.07, 6.45) is 7.37. The van der Waals surface area contributed by atoms with Gasteiger partial charge in [0, 0.05) is 5.92 Å². The van der Waals surface area contributed by atoms with E-state index in [1.54, 1.807) is 0 Å². The number of carbonyl (C=O) groups is 1. The average molecular weight is 252 g/mol. The van der Waals surface area contributed by atoms with E-state index in [2.05, 4.69) is 13.8 Å². The molecule has 0 bridgehead atoms. The van der Waals surface area contributed by atoms with Crippen LogP contribution in [0.1, 0.15) is 66.2 Å². The number of hydrogen-bond acceptors (Lipinski definition) is 2. The van der Waals surface area contributed by atoms with Gasteiger partial charge in [-0.05, 0) is 42.9 Å². The first-order chi connectivity index (χ1) is 8.58. The van der Waals surface area contributed by atoms with Crippen molar-refractivity contribution in [2.75, 3.05) is 0 Å². The Morgan fingerprint density at radius 1 is 1.11 bits per heavy atom. The molecule has 2 heteroatoms. The van der Waals surface area contributed by atoms with Crippen molar-refractivity contribution in [1.82, 2.24) is 0 Å². The predicted molar refractivity (Wildman–Crippen MR) is 73.2 cm³/mol. The van der Waals surface area contributed by atoms with Crippen molar-refractivity contribution in [3.8, 4) is 0 Å². The van der Waals surface area contributed by atoms with Gasteiger partial charge < -0.3 is 4.74 Å². The highest BCUT2D eigenvalue weighted by molar-refractivity contribution is 5.72. The van der Waals surface area contributed by atoms with Crippen molar-refractivity contribution in [2.24, 2.45) is 23.2 Å². The van der Waals surface area contributed by atoms with Crippen molar-refractivity contribution in [3.05, 3.63) is 0 Å². The van der Waals surface area contributed by atoms with Crippen LogP contribution in [0.4, 0.5) is 0 Å². The largest absolute Gasteiger partial charge is 0.462 e. The van der Waals surface area contributed by atoms with Crippen molar-refractivity contribution >= 4 is 5.97 Å². The van der Waals surface area contributed by atoms with E-state index in [9.17, 15) is 4.79 Å². The Balaban J connectivity index is 0.000000574. The van der Waals surface area contributed by atoms with Crippen LogP contribution in [0, 0.1) is 23.2 Å². The van der Waals surface area contributed by atoms with Crippen LogP contribution in [0.25, 0.3) is 0 Å². The zero-order valence-corrected chi connectivity index (χ0v) is 12.4. The molecule has 0 amide bonds. The van der Waals surface area contributed by atoms with Crippen LogP contribution in [-0.2, 0) is 9.53 Å². The fourth-order valence-corrected chi connectivity index (χ4v) is 4.55. The molecule has 3 rings (SSSR count). The molecule has 2 nitrogen and oxygen atoms in total. The standard InChI is InChI=1S/C14H22O2.C2H6/c1-14(2)7-3-4-9-10-8-13(15)16-12(10)6-5-11(9)14;1-2/h9-12H,3-8H2,1-2H3;1-2H3. The molecule has 3 fully saturated rings. The van der Waals surface area contributed by atoms with Gasteiger partial charge in [0.1, 0.15) is 6.10 Å². The Labute approximate surface area is 111 Å². The maximum absolute atomic E-state index is 11.4. The molecule has 18 heavy (non-hydrogen) atoms. The fraction of sp³-hybridized carbons (Fsp3) is 0.938. The molecule has 3 aliphatic rings. The number of ether oxygens (including phenoxy) is 1. The van der Waals surface area contributed by atoms with E-state index >= 15 is 0 Å². The molecule has 0 N–H and O–H groups in total. The molecular formula is C16H28O2. The van der Waals surface area contributed by atoms with Crippen molar-refractivity contribution in [3.63, 3.8) is 0 Å². The van der Waals surface area contributed by atoms with E-state index in [0.29, 0.717) is 17.8 Å². The zero-order chi connectivity index (χ0) is 13.3. The third-order valence-corrected chi connectivity index (χ3v) is 5.35. The smallest absolute Gasteiger partial charge is 0.306 e. The lowest BCUT2D eigenvalue weighted by atomic mass is 9.55. The second kappa shape index (κ2) is 5.22. The molecule has 2 aliphatic carbocycles. The quantitative estimate of drug-likeness (QED) is 0.604. The molecule has 4 unspecified atom stereocenters. The normalized spacial score (nSPS) is 41.0. The van der Waals surface area contributed by atoms with Gasteiger partial charge in [-0.15, -0.1) is 0 Å². The first kappa shape index (κ1) is 13.9. The monoisotopic (exact) mass is 252 g/mol. The minimum atomic E-state index is 0.0547.